The van der Waals surface area contributed by atoms with Crippen molar-refractivity contribution in [2.24, 2.45) is 0 Å². The lowest BCUT2D eigenvalue weighted by atomic mass is 9.98. The van der Waals surface area contributed by atoms with E-state index in [1.54, 1.807) is 0 Å². The smallest absolute Gasteiger partial charge is 0.164 e. The Bertz CT molecular complexity index is 3170. The first-order chi connectivity index (χ1) is 30.7. The van der Waals surface area contributed by atoms with Crippen LogP contribution in [0.3, 0.4) is 0 Å². The second-order valence-electron chi connectivity index (χ2n) is 15.2. The summed E-state index contributed by atoms with van der Waals surface area (Å²) in [7, 11) is 0. The van der Waals surface area contributed by atoms with E-state index in [0.29, 0.717) is 17.5 Å². The first kappa shape index (κ1) is 37.0. The molecule has 5 heteroatoms. The zero-order chi connectivity index (χ0) is 41.2. The van der Waals surface area contributed by atoms with Crippen molar-refractivity contribution < 1.29 is 0 Å². The molecular formula is C57H38N4S. The fourth-order valence-electron chi connectivity index (χ4n) is 8.25. The number of anilines is 3. The largest absolute Gasteiger partial charge is 0.310 e. The quantitative estimate of drug-likeness (QED) is 0.146. The zero-order valence-corrected chi connectivity index (χ0v) is 34.5. The third kappa shape index (κ3) is 7.21. The molecule has 0 bridgehead atoms. The van der Waals surface area contributed by atoms with Crippen LogP contribution in [0, 0.1) is 0 Å². The van der Waals surface area contributed by atoms with Gasteiger partial charge in [0, 0.05) is 48.2 Å². The fraction of sp³-hybridized carbons (Fsp3) is 0. The molecule has 0 saturated heterocycles. The Morgan fingerprint density at radius 3 is 1.24 bits per heavy atom. The Hall–Kier alpha value is -7.99. The first-order valence-corrected chi connectivity index (χ1v) is 21.6. The molecule has 0 N–H and O–H groups in total. The molecule has 0 radical (unpaired) electrons. The second kappa shape index (κ2) is 16.2. The van der Waals surface area contributed by atoms with Gasteiger partial charge < -0.3 is 4.90 Å². The van der Waals surface area contributed by atoms with Gasteiger partial charge in [0.1, 0.15) is 0 Å². The normalized spacial score (nSPS) is 11.2. The highest BCUT2D eigenvalue weighted by Gasteiger charge is 2.21. The standard InChI is InChI=1S/C57H38N4S/c1-5-16-39(17-6-1)41-28-32-48(33-29-41)61(49-34-30-42(31-35-49)40-18-7-2-8-19-40)51-37-47(38-53-54(51)50-26-13-14-27-52(50)62-53)45-24-15-25-46(36-45)57-59-55(43-20-9-3-10-21-43)58-56(60-57)44-22-11-4-12-23-44/h1-38H. The summed E-state index contributed by atoms with van der Waals surface area (Å²) in [5, 5.41) is 2.46. The van der Waals surface area contributed by atoms with Crippen molar-refractivity contribution in [2.75, 3.05) is 4.90 Å². The lowest BCUT2D eigenvalue weighted by Crippen LogP contribution is -2.10. The van der Waals surface area contributed by atoms with Crippen LogP contribution in [-0.4, -0.2) is 15.0 Å². The summed E-state index contributed by atoms with van der Waals surface area (Å²) in [6, 6.07) is 81.4. The predicted octanol–water partition coefficient (Wildman–Crippen LogP) is 15.7. The van der Waals surface area contributed by atoms with Crippen molar-refractivity contribution >= 4 is 48.6 Å². The number of rotatable bonds is 9. The van der Waals surface area contributed by atoms with Crippen LogP contribution >= 0.6 is 11.3 Å². The van der Waals surface area contributed by atoms with Gasteiger partial charge in [0.25, 0.3) is 0 Å². The number of fused-ring (bicyclic) bond motifs is 3. The minimum absolute atomic E-state index is 0.626. The highest BCUT2D eigenvalue weighted by Crippen LogP contribution is 2.47. The van der Waals surface area contributed by atoms with Crippen molar-refractivity contribution in [1.29, 1.82) is 0 Å². The third-order valence-electron chi connectivity index (χ3n) is 11.3. The summed E-state index contributed by atoms with van der Waals surface area (Å²) < 4.78 is 2.47. The van der Waals surface area contributed by atoms with Gasteiger partial charge in [0.15, 0.2) is 17.5 Å². The molecule has 0 unspecified atom stereocenters. The van der Waals surface area contributed by atoms with Crippen LogP contribution < -0.4 is 4.90 Å². The summed E-state index contributed by atoms with van der Waals surface area (Å²) in [4.78, 5) is 17.5. The zero-order valence-electron chi connectivity index (χ0n) is 33.6. The molecule has 9 aromatic carbocycles. The van der Waals surface area contributed by atoms with Crippen LogP contribution in [0.4, 0.5) is 17.1 Å². The molecule has 62 heavy (non-hydrogen) atoms. The number of nitrogens with zero attached hydrogens (tertiary/aromatic N) is 4. The Balaban J connectivity index is 1.09. The van der Waals surface area contributed by atoms with E-state index in [-0.39, 0.29) is 0 Å². The SMILES string of the molecule is c1ccc(-c2ccc(N(c3ccc(-c4ccccc4)cc3)c3cc(-c4cccc(-c5nc(-c6ccccc6)nc(-c6ccccc6)n5)c4)cc4sc5ccccc5c34)cc2)cc1. The van der Waals surface area contributed by atoms with E-state index in [1.165, 1.54) is 42.4 Å². The number of benzene rings is 9. The van der Waals surface area contributed by atoms with Gasteiger partial charge in [0.05, 0.1) is 5.69 Å². The summed E-state index contributed by atoms with van der Waals surface area (Å²) in [5.41, 5.74) is 13.0. The molecule has 4 nitrogen and oxygen atoms in total. The second-order valence-corrected chi connectivity index (χ2v) is 16.3. The average molecular weight is 811 g/mol. The Labute approximate surface area is 364 Å². The van der Waals surface area contributed by atoms with E-state index in [9.17, 15) is 0 Å². The van der Waals surface area contributed by atoms with Gasteiger partial charge in [-0.25, -0.2) is 15.0 Å². The molecule has 0 amide bonds. The van der Waals surface area contributed by atoms with Gasteiger partial charge in [-0.2, -0.15) is 0 Å². The van der Waals surface area contributed by atoms with Crippen LogP contribution in [-0.2, 0) is 0 Å². The maximum Gasteiger partial charge on any atom is 0.164 e. The minimum Gasteiger partial charge on any atom is -0.310 e. The summed E-state index contributed by atoms with van der Waals surface area (Å²) >= 11 is 1.83. The Morgan fingerprint density at radius 2 is 0.710 bits per heavy atom. The number of thiophene rings is 1. The molecule has 0 spiro atoms. The van der Waals surface area contributed by atoms with E-state index in [1.807, 2.05) is 72.0 Å². The Kier molecular flexibility index (Phi) is 9.69. The third-order valence-corrected chi connectivity index (χ3v) is 12.4. The molecule has 0 aliphatic rings. The molecule has 0 atom stereocenters. The van der Waals surface area contributed by atoms with Crippen LogP contribution in [0.25, 0.3) is 87.7 Å². The average Bonchev–Trinajstić information content (AvgIpc) is 3.74. The van der Waals surface area contributed by atoms with Gasteiger partial charge in [0.2, 0.25) is 0 Å². The molecule has 0 aliphatic carbocycles. The summed E-state index contributed by atoms with van der Waals surface area (Å²) in [6.07, 6.45) is 0. The van der Waals surface area contributed by atoms with Crippen molar-refractivity contribution in [1.82, 2.24) is 15.0 Å². The van der Waals surface area contributed by atoms with Crippen LogP contribution in [0.1, 0.15) is 0 Å². The van der Waals surface area contributed by atoms with Gasteiger partial charge >= 0.3 is 0 Å². The summed E-state index contributed by atoms with van der Waals surface area (Å²) in [5.74, 6) is 1.91. The van der Waals surface area contributed by atoms with E-state index in [0.717, 1.165) is 44.9 Å². The van der Waals surface area contributed by atoms with Gasteiger partial charge in [-0.1, -0.05) is 182 Å². The van der Waals surface area contributed by atoms with Gasteiger partial charge in [-0.05, 0) is 81.9 Å². The molecule has 0 fully saturated rings. The van der Waals surface area contributed by atoms with Crippen LogP contribution in [0.5, 0.6) is 0 Å². The minimum atomic E-state index is 0.626. The van der Waals surface area contributed by atoms with Crippen molar-refractivity contribution in [3.63, 3.8) is 0 Å². The Morgan fingerprint density at radius 1 is 0.290 bits per heavy atom. The highest BCUT2D eigenvalue weighted by molar-refractivity contribution is 7.26. The van der Waals surface area contributed by atoms with Crippen molar-refractivity contribution in [2.45, 2.75) is 0 Å². The lowest BCUT2D eigenvalue weighted by molar-refractivity contribution is 1.07. The van der Waals surface area contributed by atoms with Gasteiger partial charge in [-0.3, -0.25) is 0 Å². The van der Waals surface area contributed by atoms with Crippen LogP contribution in [0.15, 0.2) is 231 Å². The van der Waals surface area contributed by atoms with Crippen molar-refractivity contribution in [3.05, 3.63) is 231 Å². The maximum absolute atomic E-state index is 5.07. The van der Waals surface area contributed by atoms with E-state index in [4.69, 9.17) is 15.0 Å². The molecule has 0 saturated carbocycles. The molecule has 11 rings (SSSR count). The highest BCUT2D eigenvalue weighted by atomic mass is 32.1. The van der Waals surface area contributed by atoms with E-state index in [2.05, 4.69) is 175 Å². The molecular weight excluding hydrogens is 773 g/mol. The molecule has 2 aromatic heterocycles. The van der Waals surface area contributed by atoms with Crippen LogP contribution in [0.2, 0.25) is 0 Å². The lowest BCUT2D eigenvalue weighted by Gasteiger charge is -2.27. The number of hydrogen-bond donors (Lipinski definition) is 0. The number of hydrogen-bond acceptors (Lipinski definition) is 5. The van der Waals surface area contributed by atoms with E-state index >= 15 is 0 Å². The van der Waals surface area contributed by atoms with E-state index < -0.39 is 0 Å². The molecule has 0 aliphatic heterocycles. The monoisotopic (exact) mass is 810 g/mol. The van der Waals surface area contributed by atoms with Gasteiger partial charge in [-0.15, -0.1) is 11.3 Å². The number of aromatic nitrogens is 3. The molecule has 11 aromatic rings. The first-order valence-electron chi connectivity index (χ1n) is 20.8. The predicted molar refractivity (Wildman–Crippen MR) is 260 cm³/mol. The summed E-state index contributed by atoms with van der Waals surface area (Å²) in [6.45, 7) is 0. The topological polar surface area (TPSA) is 41.9 Å². The fourth-order valence-corrected chi connectivity index (χ4v) is 9.41. The maximum atomic E-state index is 5.07. The molecule has 2 heterocycles. The van der Waals surface area contributed by atoms with Crippen molar-refractivity contribution in [3.8, 4) is 67.5 Å². The molecule has 292 valence electrons.